The van der Waals surface area contributed by atoms with Crippen molar-refractivity contribution >= 4 is 18.1 Å². The minimum atomic E-state index is -0.936. The fourth-order valence-corrected chi connectivity index (χ4v) is 3.62. The molecule has 2 aliphatic heterocycles. The van der Waals surface area contributed by atoms with E-state index in [9.17, 15) is 14.4 Å². The molecular weight excluding hydrogens is 360 g/mol. The first-order chi connectivity index (χ1) is 13.6. The lowest BCUT2D eigenvalue weighted by atomic mass is 9.90. The van der Waals surface area contributed by atoms with Crippen LogP contribution >= 0.6 is 0 Å². The molecular formula is C22H20O6. The van der Waals surface area contributed by atoms with Gasteiger partial charge < -0.3 is 14.2 Å². The van der Waals surface area contributed by atoms with Crippen molar-refractivity contribution in [3.8, 4) is 11.1 Å². The normalized spacial score (nSPS) is 22.2. The molecule has 0 saturated carbocycles. The van der Waals surface area contributed by atoms with Gasteiger partial charge in [-0.3, -0.25) is 4.79 Å². The third-order valence-corrected chi connectivity index (χ3v) is 5.15. The summed E-state index contributed by atoms with van der Waals surface area (Å²) < 4.78 is 14.3. The summed E-state index contributed by atoms with van der Waals surface area (Å²) in [4.78, 5) is 34.1. The Hall–Kier alpha value is -3.15. The van der Waals surface area contributed by atoms with E-state index in [2.05, 4.69) is 29.0 Å². The van der Waals surface area contributed by atoms with E-state index >= 15 is 0 Å². The second-order valence-corrected chi connectivity index (χ2v) is 7.06. The largest absolute Gasteiger partial charge is 0.517 e. The molecule has 0 bridgehead atoms. The standard InChI is InChI=1S/C22H20O6/c23-20-13-18(2-1-11-26-20)17-9-7-16(8-10-17)15-5-3-14(4-6-15)12-19-21(24)28-22(25)27-19/h3-10,18-19H,1-2,11-13H2. The SMILES string of the molecule is O=C1CC(c2ccc(-c3ccc(CC4OC(=O)OC4=O)cc3)cc2)CCCO1. The Morgan fingerprint density at radius 2 is 1.57 bits per heavy atom. The molecule has 0 aromatic heterocycles. The zero-order chi connectivity index (χ0) is 19.5. The summed E-state index contributed by atoms with van der Waals surface area (Å²) in [6.45, 7) is 0.511. The van der Waals surface area contributed by atoms with Crippen LogP contribution in [-0.2, 0) is 30.2 Å². The number of cyclic esters (lactones) is 4. The second-order valence-electron chi connectivity index (χ2n) is 7.06. The molecule has 2 fully saturated rings. The molecule has 6 heteroatoms. The van der Waals surface area contributed by atoms with E-state index in [0.717, 1.165) is 35.1 Å². The first-order valence-corrected chi connectivity index (χ1v) is 9.36. The molecule has 2 heterocycles. The topological polar surface area (TPSA) is 78.9 Å². The molecule has 0 aliphatic carbocycles. The monoisotopic (exact) mass is 380 g/mol. The number of hydrogen-bond acceptors (Lipinski definition) is 6. The van der Waals surface area contributed by atoms with Crippen molar-refractivity contribution < 1.29 is 28.6 Å². The van der Waals surface area contributed by atoms with Gasteiger partial charge in [0.15, 0.2) is 0 Å². The van der Waals surface area contributed by atoms with Crippen LogP contribution in [0.25, 0.3) is 11.1 Å². The van der Waals surface area contributed by atoms with Crippen molar-refractivity contribution in [3.63, 3.8) is 0 Å². The zero-order valence-corrected chi connectivity index (χ0v) is 15.3. The van der Waals surface area contributed by atoms with E-state index < -0.39 is 18.2 Å². The van der Waals surface area contributed by atoms with Gasteiger partial charge in [0.1, 0.15) is 0 Å². The van der Waals surface area contributed by atoms with Gasteiger partial charge in [-0.1, -0.05) is 48.5 Å². The quantitative estimate of drug-likeness (QED) is 0.593. The summed E-state index contributed by atoms with van der Waals surface area (Å²) in [5, 5.41) is 0. The molecule has 28 heavy (non-hydrogen) atoms. The summed E-state index contributed by atoms with van der Waals surface area (Å²) in [5.74, 6) is -0.564. The molecule has 2 saturated heterocycles. The van der Waals surface area contributed by atoms with E-state index in [1.807, 2.05) is 24.3 Å². The van der Waals surface area contributed by atoms with Crippen molar-refractivity contribution in [2.24, 2.45) is 0 Å². The molecule has 2 unspecified atom stereocenters. The van der Waals surface area contributed by atoms with Crippen LogP contribution < -0.4 is 0 Å². The lowest BCUT2D eigenvalue weighted by Crippen LogP contribution is -2.18. The fourth-order valence-electron chi connectivity index (χ4n) is 3.62. The Morgan fingerprint density at radius 1 is 0.893 bits per heavy atom. The summed E-state index contributed by atoms with van der Waals surface area (Å²) in [6.07, 6.45) is 0.763. The average Bonchev–Trinajstić information content (AvgIpc) is 2.88. The smallest absolute Gasteiger partial charge is 0.466 e. The molecule has 144 valence electrons. The molecule has 6 nitrogen and oxygen atoms in total. The average molecular weight is 380 g/mol. The molecule has 0 amide bonds. The van der Waals surface area contributed by atoms with Crippen LogP contribution in [0, 0.1) is 0 Å². The summed E-state index contributed by atoms with van der Waals surface area (Å²) in [7, 11) is 0. The van der Waals surface area contributed by atoms with Gasteiger partial charge in [0.05, 0.1) is 13.0 Å². The van der Waals surface area contributed by atoms with Gasteiger partial charge >= 0.3 is 18.1 Å². The Bertz CT molecular complexity index is 884. The second kappa shape index (κ2) is 7.84. The van der Waals surface area contributed by atoms with Crippen LogP contribution in [0.2, 0.25) is 0 Å². The maximum absolute atomic E-state index is 11.7. The molecule has 0 spiro atoms. The van der Waals surface area contributed by atoms with Crippen molar-refractivity contribution in [2.45, 2.75) is 37.7 Å². The van der Waals surface area contributed by atoms with E-state index in [0.29, 0.717) is 19.4 Å². The predicted molar refractivity (Wildman–Crippen MR) is 99.5 cm³/mol. The minimum absolute atomic E-state index is 0.126. The number of carbonyl (C=O) groups excluding carboxylic acids is 3. The minimum Gasteiger partial charge on any atom is -0.466 e. The van der Waals surface area contributed by atoms with Gasteiger partial charge in [-0.05, 0) is 41.0 Å². The molecule has 2 atom stereocenters. The summed E-state index contributed by atoms with van der Waals surface area (Å²) in [5.41, 5.74) is 4.15. The number of carbonyl (C=O) groups is 3. The highest BCUT2D eigenvalue weighted by Crippen LogP contribution is 2.30. The Labute approximate surface area is 162 Å². The highest BCUT2D eigenvalue weighted by Gasteiger charge is 2.35. The van der Waals surface area contributed by atoms with E-state index in [1.165, 1.54) is 0 Å². The van der Waals surface area contributed by atoms with Crippen molar-refractivity contribution in [2.75, 3.05) is 6.61 Å². The third-order valence-electron chi connectivity index (χ3n) is 5.15. The fraction of sp³-hybridized carbons (Fsp3) is 0.318. The lowest BCUT2D eigenvalue weighted by Gasteiger charge is -2.13. The number of rotatable bonds is 4. The van der Waals surface area contributed by atoms with Crippen LogP contribution in [0.1, 0.15) is 36.3 Å². The number of hydrogen-bond donors (Lipinski definition) is 0. The molecule has 2 aromatic carbocycles. The maximum atomic E-state index is 11.7. The van der Waals surface area contributed by atoms with E-state index in [1.54, 1.807) is 0 Å². The van der Waals surface area contributed by atoms with E-state index in [4.69, 9.17) is 9.47 Å². The third kappa shape index (κ3) is 4.06. The van der Waals surface area contributed by atoms with Gasteiger partial charge in [0.25, 0.3) is 0 Å². The zero-order valence-electron chi connectivity index (χ0n) is 15.3. The molecule has 2 aliphatic rings. The molecule has 4 rings (SSSR count). The van der Waals surface area contributed by atoms with Crippen LogP contribution in [0.4, 0.5) is 4.79 Å². The number of ether oxygens (including phenoxy) is 3. The summed E-state index contributed by atoms with van der Waals surface area (Å²) >= 11 is 0. The van der Waals surface area contributed by atoms with Crippen molar-refractivity contribution in [1.29, 1.82) is 0 Å². The van der Waals surface area contributed by atoms with Gasteiger partial charge in [0, 0.05) is 6.42 Å². The number of esters is 2. The first kappa shape index (κ1) is 18.2. The molecule has 0 radical (unpaired) electrons. The van der Waals surface area contributed by atoms with Crippen molar-refractivity contribution in [3.05, 3.63) is 59.7 Å². The van der Waals surface area contributed by atoms with Crippen LogP contribution in [-0.4, -0.2) is 30.8 Å². The Kier molecular flexibility index (Phi) is 5.10. The van der Waals surface area contributed by atoms with Gasteiger partial charge in [-0.25, -0.2) is 9.59 Å². The van der Waals surface area contributed by atoms with Crippen LogP contribution in [0.3, 0.4) is 0 Å². The highest BCUT2D eigenvalue weighted by molar-refractivity contribution is 5.91. The lowest BCUT2D eigenvalue weighted by molar-refractivity contribution is -0.143. The van der Waals surface area contributed by atoms with Gasteiger partial charge in [-0.15, -0.1) is 0 Å². The molecule has 0 N–H and O–H groups in total. The molecule has 2 aromatic rings. The number of benzene rings is 2. The van der Waals surface area contributed by atoms with Crippen LogP contribution in [0.5, 0.6) is 0 Å². The Morgan fingerprint density at radius 3 is 2.21 bits per heavy atom. The van der Waals surface area contributed by atoms with Gasteiger partial charge in [-0.2, -0.15) is 0 Å². The maximum Gasteiger partial charge on any atom is 0.517 e. The Balaban J connectivity index is 1.43. The first-order valence-electron chi connectivity index (χ1n) is 9.36. The highest BCUT2D eigenvalue weighted by atomic mass is 16.8. The van der Waals surface area contributed by atoms with E-state index in [-0.39, 0.29) is 11.9 Å². The van der Waals surface area contributed by atoms with Gasteiger partial charge in [0.2, 0.25) is 6.10 Å². The summed E-state index contributed by atoms with van der Waals surface area (Å²) in [6, 6.07) is 16.0. The van der Waals surface area contributed by atoms with Crippen LogP contribution in [0.15, 0.2) is 48.5 Å². The van der Waals surface area contributed by atoms with Crippen molar-refractivity contribution in [1.82, 2.24) is 0 Å². The predicted octanol–water partition coefficient (Wildman–Crippen LogP) is 3.77.